The Kier molecular flexibility index (Phi) is 2.54. The van der Waals surface area contributed by atoms with Crippen molar-refractivity contribution in [1.82, 2.24) is 0 Å². The van der Waals surface area contributed by atoms with Crippen LogP contribution in [0.15, 0.2) is 71.1 Å². The molecule has 0 N–H and O–H groups in total. The summed E-state index contributed by atoms with van der Waals surface area (Å²) in [6.45, 7) is 0. The van der Waals surface area contributed by atoms with Crippen LogP contribution in [0.5, 0.6) is 0 Å². The topological polar surface area (TPSA) is 13.1 Å². The summed E-state index contributed by atoms with van der Waals surface area (Å²) in [4.78, 5) is 0. The van der Waals surface area contributed by atoms with Gasteiger partial charge < -0.3 is 4.42 Å². The van der Waals surface area contributed by atoms with Crippen LogP contribution in [0.3, 0.4) is 0 Å². The normalized spacial score (nSPS) is 11.2. The van der Waals surface area contributed by atoms with Crippen LogP contribution in [0.1, 0.15) is 0 Å². The maximum atomic E-state index is 6.29. The minimum atomic E-state index is 0.725. The van der Waals surface area contributed by atoms with E-state index in [1.165, 1.54) is 0 Å². The quantitative estimate of drug-likeness (QED) is 0.422. The van der Waals surface area contributed by atoms with Gasteiger partial charge in [-0.3, -0.25) is 0 Å². The molecule has 3 aromatic carbocycles. The van der Waals surface area contributed by atoms with Gasteiger partial charge in [0, 0.05) is 21.4 Å². The van der Waals surface area contributed by atoms with Gasteiger partial charge in [0.2, 0.25) is 0 Å². The summed E-state index contributed by atoms with van der Waals surface area (Å²) >= 11 is 6.29. The number of benzene rings is 3. The zero-order valence-electron chi connectivity index (χ0n) is 10.6. The molecule has 0 fully saturated rings. The Morgan fingerprint density at radius 1 is 0.750 bits per heavy atom. The Bertz CT molecular complexity index is 907. The van der Waals surface area contributed by atoms with Crippen molar-refractivity contribution in [2.24, 2.45) is 0 Å². The number of para-hydroxylation sites is 1. The monoisotopic (exact) mass is 278 g/mol. The average Bonchev–Trinajstić information content (AvgIpc) is 2.86. The molecular weight excluding hydrogens is 268 g/mol. The first-order valence-corrected chi connectivity index (χ1v) is 6.87. The summed E-state index contributed by atoms with van der Waals surface area (Å²) in [5.41, 5.74) is 3.92. The number of hydrogen-bond donors (Lipinski definition) is 0. The molecule has 0 unspecified atom stereocenters. The lowest BCUT2D eigenvalue weighted by Gasteiger charge is -2.03. The van der Waals surface area contributed by atoms with Crippen molar-refractivity contribution in [3.05, 3.63) is 71.8 Å². The van der Waals surface area contributed by atoms with Gasteiger partial charge in [-0.1, -0.05) is 60.1 Å². The predicted octanol–water partition coefficient (Wildman–Crippen LogP) is 5.91. The molecule has 1 heterocycles. The number of furan rings is 1. The fraction of sp³-hybridized carbons (Fsp3) is 0. The lowest BCUT2D eigenvalue weighted by atomic mass is 10.0. The summed E-state index contributed by atoms with van der Waals surface area (Å²) in [6.07, 6.45) is 0. The minimum Gasteiger partial charge on any atom is -0.455 e. The van der Waals surface area contributed by atoms with E-state index in [1.54, 1.807) is 0 Å². The minimum absolute atomic E-state index is 0.725. The first-order valence-electron chi connectivity index (χ1n) is 6.49. The van der Waals surface area contributed by atoms with E-state index >= 15 is 0 Å². The van der Waals surface area contributed by atoms with Gasteiger partial charge >= 0.3 is 0 Å². The lowest BCUT2D eigenvalue weighted by molar-refractivity contribution is 0.670. The highest BCUT2D eigenvalue weighted by molar-refractivity contribution is 6.32. The van der Waals surface area contributed by atoms with Gasteiger partial charge in [-0.15, -0.1) is 0 Å². The largest absolute Gasteiger partial charge is 0.455 e. The Hall–Kier alpha value is -2.25. The number of rotatable bonds is 1. The van der Waals surface area contributed by atoms with Crippen LogP contribution in [-0.2, 0) is 0 Å². The van der Waals surface area contributed by atoms with E-state index in [2.05, 4.69) is 18.2 Å². The third-order valence-corrected chi connectivity index (χ3v) is 3.75. The molecule has 0 aliphatic heterocycles. The van der Waals surface area contributed by atoms with Crippen molar-refractivity contribution >= 4 is 33.5 Å². The molecule has 4 aromatic rings. The summed E-state index contributed by atoms with van der Waals surface area (Å²) in [7, 11) is 0. The maximum Gasteiger partial charge on any atom is 0.143 e. The fourth-order valence-electron chi connectivity index (χ4n) is 2.62. The molecule has 0 aliphatic rings. The highest BCUT2D eigenvalue weighted by atomic mass is 35.5. The molecule has 4 rings (SSSR count). The lowest BCUT2D eigenvalue weighted by Crippen LogP contribution is -1.79. The second kappa shape index (κ2) is 4.39. The fourth-order valence-corrected chi connectivity index (χ4v) is 2.84. The summed E-state index contributed by atoms with van der Waals surface area (Å²) in [6, 6.07) is 22.1. The second-order valence-electron chi connectivity index (χ2n) is 4.79. The molecule has 0 atom stereocenters. The number of halogens is 1. The molecule has 0 aliphatic carbocycles. The molecule has 1 nitrogen and oxygen atoms in total. The molecule has 0 bridgehead atoms. The van der Waals surface area contributed by atoms with Crippen LogP contribution in [-0.4, -0.2) is 0 Å². The maximum absolute atomic E-state index is 6.29. The van der Waals surface area contributed by atoms with E-state index in [9.17, 15) is 0 Å². The number of hydrogen-bond acceptors (Lipinski definition) is 1. The van der Waals surface area contributed by atoms with Crippen molar-refractivity contribution in [3.8, 4) is 11.1 Å². The molecule has 0 amide bonds. The number of fused-ring (bicyclic) bond motifs is 3. The average molecular weight is 279 g/mol. The van der Waals surface area contributed by atoms with Crippen molar-refractivity contribution in [1.29, 1.82) is 0 Å². The van der Waals surface area contributed by atoms with E-state index in [0.29, 0.717) is 0 Å². The summed E-state index contributed by atoms with van der Waals surface area (Å²) < 4.78 is 6.03. The molecule has 0 radical (unpaired) electrons. The van der Waals surface area contributed by atoms with Crippen LogP contribution >= 0.6 is 11.6 Å². The molecule has 1 aromatic heterocycles. The van der Waals surface area contributed by atoms with Gasteiger partial charge in [0.05, 0.1) is 0 Å². The van der Waals surface area contributed by atoms with Crippen molar-refractivity contribution in [2.45, 2.75) is 0 Å². The zero-order valence-corrected chi connectivity index (χ0v) is 11.4. The molecule has 96 valence electrons. The SMILES string of the molecule is Clc1cc(-c2ccccc2)c2oc3ccccc3c2c1. The third-order valence-electron chi connectivity index (χ3n) is 3.53. The predicted molar refractivity (Wildman–Crippen MR) is 84.2 cm³/mol. The first kappa shape index (κ1) is 11.6. The van der Waals surface area contributed by atoms with E-state index in [1.807, 2.05) is 48.5 Å². The van der Waals surface area contributed by atoms with Crippen LogP contribution in [0.2, 0.25) is 5.02 Å². The van der Waals surface area contributed by atoms with Gasteiger partial charge in [0.1, 0.15) is 11.2 Å². The molecule has 2 heteroatoms. The van der Waals surface area contributed by atoms with E-state index < -0.39 is 0 Å². The molecular formula is C18H11ClO. The summed E-state index contributed by atoms with van der Waals surface area (Å²) in [5, 5.41) is 2.89. The Balaban J connectivity index is 2.16. The molecule has 0 spiro atoms. The Morgan fingerprint density at radius 3 is 2.35 bits per heavy atom. The molecule has 0 saturated heterocycles. The first-order chi connectivity index (χ1) is 9.83. The van der Waals surface area contributed by atoms with Gasteiger partial charge in [0.15, 0.2) is 0 Å². The zero-order chi connectivity index (χ0) is 13.5. The standard InChI is InChI=1S/C18H11ClO/c19-13-10-15(12-6-2-1-3-7-12)18-16(11-13)14-8-4-5-9-17(14)20-18/h1-11H. The van der Waals surface area contributed by atoms with Crippen molar-refractivity contribution in [3.63, 3.8) is 0 Å². The Labute approximate surface area is 121 Å². The van der Waals surface area contributed by atoms with E-state index in [4.69, 9.17) is 16.0 Å². The van der Waals surface area contributed by atoms with Gasteiger partial charge in [0.25, 0.3) is 0 Å². The van der Waals surface area contributed by atoms with E-state index in [-0.39, 0.29) is 0 Å². The van der Waals surface area contributed by atoms with Crippen LogP contribution in [0, 0.1) is 0 Å². The second-order valence-corrected chi connectivity index (χ2v) is 5.23. The van der Waals surface area contributed by atoms with Crippen LogP contribution < -0.4 is 0 Å². The van der Waals surface area contributed by atoms with Crippen molar-refractivity contribution < 1.29 is 4.42 Å². The third kappa shape index (κ3) is 1.71. The van der Waals surface area contributed by atoms with Gasteiger partial charge in [-0.05, 0) is 23.8 Å². The van der Waals surface area contributed by atoms with Crippen molar-refractivity contribution in [2.75, 3.05) is 0 Å². The van der Waals surface area contributed by atoms with Crippen LogP contribution in [0.4, 0.5) is 0 Å². The highest BCUT2D eigenvalue weighted by Crippen LogP contribution is 2.37. The molecule has 20 heavy (non-hydrogen) atoms. The smallest absolute Gasteiger partial charge is 0.143 e. The summed E-state index contributed by atoms with van der Waals surface area (Å²) in [5.74, 6) is 0. The molecule has 0 saturated carbocycles. The van der Waals surface area contributed by atoms with E-state index in [0.717, 1.165) is 38.1 Å². The Morgan fingerprint density at radius 2 is 1.50 bits per heavy atom. The van der Waals surface area contributed by atoms with Gasteiger partial charge in [-0.25, -0.2) is 0 Å². The highest BCUT2D eigenvalue weighted by Gasteiger charge is 2.13. The van der Waals surface area contributed by atoms with Crippen LogP contribution in [0.25, 0.3) is 33.1 Å². The van der Waals surface area contributed by atoms with Gasteiger partial charge in [-0.2, -0.15) is 0 Å².